The molecule has 2 saturated heterocycles. The number of rotatable bonds is 3. The Morgan fingerprint density at radius 2 is 1.83 bits per heavy atom. The maximum absolute atomic E-state index is 12.8. The first-order valence-electron chi connectivity index (χ1n) is 10.1. The molecule has 3 rings (SSSR count). The molecule has 0 bridgehead atoms. The van der Waals surface area contributed by atoms with Crippen molar-refractivity contribution in [1.82, 2.24) is 15.1 Å². The molecule has 1 aromatic rings. The molecular formula is C21H30N4O4. The van der Waals surface area contributed by atoms with Gasteiger partial charge >= 0.3 is 6.03 Å². The molecule has 2 fully saturated rings. The standard InChI is InChI=1S/C21H30N4O4/c1-21(2,3)23-18(26)15-6-4-7-16(14-15)22-20(28)25-9-5-8-17(25)19(27)24-10-12-29-13-11-24/h4,6-7,14,17H,5,8-13H2,1-3H3,(H,22,28)(H,23,26)/t17-/m0/s1. The zero-order valence-corrected chi connectivity index (χ0v) is 17.4. The molecule has 0 radical (unpaired) electrons. The number of nitrogens with zero attached hydrogens (tertiary/aromatic N) is 2. The Morgan fingerprint density at radius 3 is 2.52 bits per heavy atom. The molecule has 29 heavy (non-hydrogen) atoms. The fraction of sp³-hybridized carbons (Fsp3) is 0.571. The average Bonchev–Trinajstić information content (AvgIpc) is 3.17. The minimum absolute atomic E-state index is 0.0146. The van der Waals surface area contributed by atoms with Crippen LogP contribution in [0.25, 0.3) is 0 Å². The molecule has 2 heterocycles. The van der Waals surface area contributed by atoms with E-state index in [1.165, 1.54) is 0 Å². The quantitative estimate of drug-likeness (QED) is 0.810. The molecule has 0 unspecified atom stereocenters. The molecule has 4 amide bonds. The van der Waals surface area contributed by atoms with Gasteiger partial charge in [0.1, 0.15) is 6.04 Å². The largest absolute Gasteiger partial charge is 0.378 e. The van der Waals surface area contributed by atoms with Crippen LogP contribution in [0.4, 0.5) is 10.5 Å². The summed E-state index contributed by atoms with van der Waals surface area (Å²) in [5, 5.41) is 5.75. The van der Waals surface area contributed by atoms with Gasteiger partial charge < -0.3 is 25.2 Å². The van der Waals surface area contributed by atoms with Crippen molar-refractivity contribution in [3.63, 3.8) is 0 Å². The van der Waals surface area contributed by atoms with E-state index in [9.17, 15) is 14.4 Å². The van der Waals surface area contributed by atoms with Gasteiger partial charge in [-0.05, 0) is 51.8 Å². The second-order valence-electron chi connectivity index (χ2n) is 8.50. The monoisotopic (exact) mass is 402 g/mol. The van der Waals surface area contributed by atoms with Crippen LogP contribution in [0.3, 0.4) is 0 Å². The number of likely N-dealkylation sites (tertiary alicyclic amines) is 1. The lowest BCUT2D eigenvalue weighted by molar-refractivity contribution is -0.139. The van der Waals surface area contributed by atoms with E-state index in [-0.39, 0.29) is 23.4 Å². The smallest absolute Gasteiger partial charge is 0.322 e. The van der Waals surface area contributed by atoms with E-state index in [1.807, 2.05) is 20.8 Å². The molecule has 0 aliphatic carbocycles. The van der Waals surface area contributed by atoms with Crippen LogP contribution in [0.15, 0.2) is 24.3 Å². The number of ether oxygens (including phenoxy) is 1. The number of amides is 4. The normalized spacial score (nSPS) is 19.8. The lowest BCUT2D eigenvalue weighted by Crippen LogP contribution is -2.51. The van der Waals surface area contributed by atoms with Crippen molar-refractivity contribution in [3.05, 3.63) is 29.8 Å². The topological polar surface area (TPSA) is 91.0 Å². The predicted octanol–water partition coefficient (Wildman–Crippen LogP) is 2.07. The molecule has 0 spiro atoms. The molecular weight excluding hydrogens is 372 g/mol. The molecule has 2 aliphatic rings. The van der Waals surface area contributed by atoms with Crippen molar-refractivity contribution in [3.8, 4) is 0 Å². The summed E-state index contributed by atoms with van der Waals surface area (Å²) in [6.07, 6.45) is 1.46. The minimum Gasteiger partial charge on any atom is -0.378 e. The van der Waals surface area contributed by atoms with E-state index >= 15 is 0 Å². The van der Waals surface area contributed by atoms with Crippen LogP contribution in [0, 0.1) is 0 Å². The molecule has 1 atom stereocenters. The Balaban J connectivity index is 1.65. The number of carbonyl (C=O) groups is 3. The lowest BCUT2D eigenvalue weighted by Gasteiger charge is -2.32. The van der Waals surface area contributed by atoms with Crippen molar-refractivity contribution in [2.75, 3.05) is 38.2 Å². The number of hydrogen-bond donors (Lipinski definition) is 2. The number of anilines is 1. The summed E-state index contributed by atoms with van der Waals surface area (Å²) < 4.78 is 5.31. The molecule has 1 aromatic carbocycles. The van der Waals surface area contributed by atoms with Gasteiger partial charge in [-0.1, -0.05) is 6.07 Å². The van der Waals surface area contributed by atoms with E-state index in [2.05, 4.69) is 10.6 Å². The highest BCUT2D eigenvalue weighted by molar-refractivity contribution is 5.98. The van der Waals surface area contributed by atoms with Gasteiger partial charge in [0.05, 0.1) is 13.2 Å². The van der Waals surface area contributed by atoms with Gasteiger partial charge in [0.2, 0.25) is 5.91 Å². The molecule has 158 valence electrons. The van der Waals surface area contributed by atoms with E-state index in [1.54, 1.807) is 34.1 Å². The summed E-state index contributed by atoms with van der Waals surface area (Å²) in [7, 11) is 0. The molecule has 2 aliphatic heterocycles. The van der Waals surface area contributed by atoms with E-state index in [0.29, 0.717) is 50.5 Å². The fourth-order valence-corrected chi connectivity index (χ4v) is 3.61. The second-order valence-corrected chi connectivity index (χ2v) is 8.50. The highest BCUT2D eigenvalue weighted by atomic mass is 16.5. The van der Waals surface area contributed by atoms with Gasteiger partial charge in [-0.3, -0.25) is 9.59 Å². The maximum Gasteiger partial charge on any atom is 0.322 e. The summed E-state index contributed by atoms with van der Waals surface area (Å²) in [5.74, 6) is -0.214. The van der Waals surface area contributed by atoms with E-state index < -0.39 is 6.04 Å². The van der Waals surface area contributed by atoms with E-state index in [4.69, 9.17) is 4.74 Å². The Kier molecular flexibility index (Phi) is 6.42. The van der Waals surface area contributed by atoms with Crippen molar-refractivity contribution >= 4 is 23.5 Å². The third kappa shape index (κ3) is 5.47. The van der Waals surface area contributed by atoms with Gasteiger partial charge in [0, 0.05) is 36.4 Å². The highest BCUT2D eigenvalue weighted by Gasteiger charge is 2.37. The molecule has 0 aromatic heterocycles. The number of hydrogen-bond acceptors (Lipinski definition) is 4. The average molecular weight is 402 g/mol. The van der Waals surface area contributed by atoms with Crippen molar-refractivity contribution < 1.29 is 19.1 Å². The van der Waals surface area contributed by atoms with E-state index in [0.717, 1.165) is 6.42 Å². The van der Waals surface area contributed by atoms with Crippen molar-refractivity contribution in [1.29, 1.82) is 0 Å². The fourth-order valence-electron chi connectivity index (χ4n) is 3.61. The first-order chi connectivity index (χ1) is 13.7. The number of nitrogens with one attached hydrogen (secondary N) is 2. The van der Waals surface area contributed by atoms with Gasteiger partial charge in [0.15, 0.2) is 0 Å². The third-order valence-electron chi connectivity index (χ3n) is 4.99. The first-order valence-corrected chi connectivity index (χ1v) is 10.1. The SMILES string of the molecule is CC(C)(C)NC(=O)c1cccc(NC(=O)N2CCC[C@H]2C(=O)N2CCOCC2)c1. The van der Waals surface area contributed by atoms with Crippen LogP contribution in [0.1, 0.15) is 44.0 Å². The van der Waals surface area contributed by atoms with Gasteiger partial charge in [-0.25, -0.2) is 4.79 Å². The van der Waals surface area contributed by atoms with Crippen LogP contribution in [0.2, 0.25) is 0 Å². The number of morpholine rings is 1. The summed E-state index contributed by atoms with van der Waals surface area (Å²) in [6.45, 7) is 8.48. The summed E-state index contributed by atoms with van der Waals surface area (Å²) in [6, 6.07) is 6.06. The zero-order chi connectivity index (χ0) is 21.0. The lowest BCUT2D eigenvalue weighted by atomic mass is 10.1. The van der Waals surface area contributed by atoms with Crippen molar-refractivity contribution in [2.24, 2.45) is 0 Å². The summed E-state index contributed by atoms with van der Waals surface area (Å²) in [5.41, 5.74) is 0.653. The van der Waals surface area contributed by atoms with Crippen LogP contribution < -0.4 is 10.6 Å². The molecule has 8 nitrogen and oxygen atoms in total. The third-order valence-corrected chi connectivity index (χ3v) is 4.99. The summed E-state index contributed by atoms with van der Waals surface area (Å²) in [4.78, 5) is 41.4. The minimum atomic E-state index is -0.444. The number of carbonyl (C=O) groups excluding carboxylic acids is 3. The number of urea groups is 1. The van der Waals surface area contributed by atoms with Gasteiger partial charge in [-0.2, -0.15) is 0 Å². The van der Waals surface area contributed by atoms with Gasteiger partial charge in [-0.15, -0.1) is 0 Å². The molecule has 0 saturated carbocycles. The number of benzene rings is 1. The zero-order valence-electron chi connectivity index (χ0n) is 17.4. The Hall–Kier alpha value is -2.61. The van der Waals surface area contributed by atoms with Crippen LogP contribution in [-0.4, -0.2) is 72.1 Å². The summed E-state index contributed by atoms with van der Waals surface area (Å²) >= 11 is 0. The first kappa shape index (κ1) is 21.1. The Bertz CT molecular complexity index is 768. The molecule has 8 heteroatoms. The highest BCUT2D eigenvalue weighted by Crippen LogP contribution is 2.22. The molecule has 2 N–H and O–H groups in total. The van der Waals surface area contributed by atoms with Crippen LogP contribution in [0.5, 0.6) is 0 Å². The second kappa shape index (κ2) is 8.82. The predicted molar refractivity (Wildman–Crippen MR) is 110 cm³/mol. The Morgan fingerprint density at radius 1 is 1.10 bits per heavy atom. The maximum atomic E-state index is 12.8. The van der Waals surface area contributed by atoms with Gasteiger partial charge in [0.25, 0.3) is 5.91 Å². The van der Waals surface area contributed by atoms with Crippen LogP contribution >= 0.6 is 0 Å². The van der Waals surface area contributed by atoms with Crippen molar-refractivity contribution in [2.45, 2.75) is 45.2 Å². The Labute approximate surface area is 171 Å². The van der Waals surface area contributed by atoms with Crippen LogP contribution in [-0.2, 0) is 9.53 Å².